The molecule has 0 aliphatic carbocycles. The minimum atomic E-state index is -0.471. The van der Waals surface area contributed by atoms with E-state index in [1.807, 2.05) is 46.8 Å². The first-order valence-corrected chi connectivity index (χ1v) is 8.23. The van der Waals surface area contributed by atoms with Crippen molar-refractivity contribution in [2.75, 3.05) is 0 Å². The Balaban J connectivity index is 2.10. The highest BCUT2D eigenvalue weighted by atomic mass is 16.7. The van der Waals surface area contributed by atoms with Crippen molar-refractivity contribution >= 4 is 24.3 Å². The molecule has 2 aromatic rings. The molecule has 2 aromatic heterocycles. The van der Waals surface area contributed by atoms with Gasteiger partial charge in [-0.05, 0) is 51.7 Å². The summed E-state index contributed by atoms with van der Waals surface area (Å²) in [5, 5.41) is 0. The Labute approximate surface area is 142 Å². The number of hydrogen-bond donors (Lipinski definition) is 0. The molecular formula is C18H23BN2O3. The maximum absolute atomic E-state index is 12.6. The topological polar surface area (TPSA) is 52.8 Å². The first-order valence-electron chi connectivity index (χ1n) is 8.23. The summed E-state index contributed by atoms with van der Waals surface area (Å²) in [7, 11) is -0.471. The number of hydrogen-bond acceptors (Lipinski definition) is 4. The summed E-state index contributed by atoms with van der Waals surface area (Å²) in [6.07, 6.45) is 3.97. The third kappa shape index (κ3) is 2.50. The molecule has 0 aromatic carbocycles. The van der Waals surface area contributed by atoms with Gasteiger partial charge in [0.1, 0.15) is 5.65 Å². The van der Waals surface area contributed by atoms with Crippen molar-refractivity contribution in [3.05, 3.63) is 46.5 Å². The number of aromatic nitrogens is 2. The Morgan fingerprint density at radius 3 is 2.46 bits per heavy atom. The van der Waals surface area contributed by atoms with E-state index in [4.69, 9.17) is 9.31 Å². The van der Waals surface area contributed by atoms with Gasteiger partial charge < -0.3 is 9.31 Å². The minimum absolute atomic E-state index is 0.104. The molecule has 24 heavy (non-hydrogen) atoms. The van der Waals surface area contributed by atoms with E-state index in [0.717, 1.165) is 11.2 Å². The van der Waals surface area contributed by atoms with Crippen LogP contribution < -0.4 is 11.0 Å². The van der Waals surface area contributed by atoms with E-state index in [-0.39, 0.29) is 5.56 Å². The lowest BCUT2D eigenvalue weighted by Crippen LogP contribution is -2.41. The van der Waals surface area contributed by atoms with Crippen LogP contribution in [0.25, 0.3) is 11.7 Å². The number of pyridine rings is 1. The van der Waals surface area contributed by atoms with Gasteiger partial charge in [0.2, 0.25) is 0 Å². The van der Waals surface area contributed by atoms with Gasteiger partial charge in [-0.25, -0.2) is 4.98 Å². The summed E-state index contributed by atoms with van der Waals surface area (Å²) < 4.78 is 13.7. The fourth-order valence-electron chi connectivity index (χ4n) is 2.81. The summed E-state index contributed by atoms with van der Waals surface area (Å²) in [5.74, 6) is 0. The molecule has 0 spiro atoms. The molecular weight excluding hydrogens is 303 g/mol. The molecule has 1 aliphatic heterocycles. The molecule has 3 rings (SSSR count). The minimum Gasteiger partial charge on any atom is -0.399 e. The Morgan fingerprint density at radius 2 is 1.92 bits per heavy atom. The smallest absolute Gasteiger partial charge is 0.399 e. The van der Waals surface area contributed by atoms with Gasteiger partial charge >= 0.3 is 7.12 Å². The Kier molecular flexibility index (Phi) is 3.93. The van der Waals surface area contributed by atoms with Crippen LogP contribution in [0.5, 0.6) is 0 Å². The van der Waals surface area contributed by atoms with E-state index in [9.17, 15) is 4.79 Å². The van der Waals surface area contributed by atoms with E-state index in [1.165, 1.54) is 4.40 Å². The fourth-order valence-corrected chi connectivity index (χ4v) is 2.81. The molecule has 3 heterocycles. The number of fused-ring (bicyclic) bond motifs is 1. The van der Waals surface area contributed by atoms with Crippen molar-refractivity contribution in [1.29, 1.82) is 0 Å². The molecule has 6 heteroatoms. The van der Waals surface area contributed by atoms with Crippen LogP contribution in [-0.4, -0.2) is 27.7 Å². The van der Waals surface area contributed by atoms with Gasteiger partial charge in [0.15, 0.2) is 0 Å². The van der Waals surface area contributed by atoms with Crippen molar-refractivity contribution in [3.63, 3.8) is 0 Å². The van der Waals surface area contributed by atoms with Gasteiger partial charge in [-0.1, -0.05) is 19.6 Å². The molecule has 5 nitrogen and oxygen atoms in total. The van der Waals surface area contributed by atoms with Crippen LogP contribution in [-0.2, 0) is 15.7 Å². The summed E-state index contributed by atoms with van der Waals surface area (Å²) in [6.45, 7) is 13.8. The lowest BCUT2D eigenvalue weighted by molar-refractivity contribution is 0.00578. The van der Waals surface area contributed by atoms with E-state index < -0.39 is 18.3 Å². The molecule has 0 radical (unpaired) electrons. The maximum atomic E-state index is 12.6. The molecule has 0 atom stereocenters. The van der Waals surface area contributed by atoms with E-state index in [2.05, 4.69) is 11.6 Å². The van der Waals surface area contributed by atoms with E-state index >= 15 is 0 Å². The van der Waals surface area contributed by atoms with Crippen molar-refractivity contribution in [3.8, 4) is 0 Å². The summed E-state index contributed by atoms with van der Waals surface area (Å²) >= 11 is 0. The average molecular weight is 326 g/mol. The first-order chi connectivity index (χ1) is 11.2. The van der Waals surface area contributed by atoms with Crippen molar-refractivity contribution in [2.24, 2.45) is 0 Å². The number of nitrogens with zero attached hydrogens (tertiary/aromatic N) is 2. The van der Waals surface area contributed by atoms with E-state index in [0.29, 0.717) is 17.6 Å². The second-order valence-corrected chi connectivity index (χ2v) is 7.11. The highest BCUT2D eigenvalue weighted by Crippen LogP contribution is 2.36. The second-order valence-electron chi connectivity index (χ2n) is 7.11. The van der Waals surface area contributed by atoms with Crippen LogP contribution in [0.1, 0.15) is 45.9 Å². The molecule has 0 amide bonds. The average Bonchev–Trinajstić information content (AvgIpc) is 2.74. The standard InChI is InChI=1S/C18H23BN2O3/c1-7-13-14(8-2)20-15-11-12(9-10-21(15)16(13)22)19-23-17(3,4)18(5,6)24-19/h7,9-11H,1,8H2,2-6H3. The Hall–Kier alpha value is -1.92. The normalized spacial score (nSPS) is 19.0. The van der Waals surface area contributed by atoms with Crippen LogP contribution in [0, 0.1) is 0 Å². The highest BCUT2D eigenvalue weighted by molar-refractivity contribution is 6.62. The number of rotatable bonds is 3. The van der Waals surface area contributed by atoms with Gasteiger partial charge in [0, 0.05) is 6.20 Å². The lowest BCUT2D eigenvalue weighted by Gasteiger charge is -2.32. The van der Waals surface area contributed by atoms with Crippen LogP contribution in [0.15, 0.2) is 29.7 Å². The van der Waals surface area contributed by atoms with Crippen LogP contribution >= 0.6 is 0 Å². The SMILES string of the molecule is C=Cc1c(CC)nc2cc(B3OC(C)(C)C(C)(C)O3)ccn2c1=O. The van der Waals surface area contributed by atoms with Crippen molar-refractivity contribution < 1.29 is 9.31 Å². The second kappa shape index (κ2) is 5.57. The zero-order chi connectivity index (χ0) is 17.7. The third-order valence-corrected chi connectivity index (χ3v) is 5.03. The third-order valence-electron chi connectivity index (χ3n) is 5.03. The van der Waals surface area contributed by atoms with Crippen molar-refractivity contribution in [1.82, 2.24) is 9.38 Å². The van der Waals surface area contributed by atoms with E-state index in [1.54, 1.807) is 12.3 Å². The van der Waals surface area contributed by atoms with Crippen LogP contribution in [0.2, 0.25) is 0 Å². The predicted octanol–water partition coefficient (Wildman–Crippen LogP) is 2.20. The van der Waals surface area contributed by atoms with Gasteiger partial charge in [-0.3, -0.25) is 9.20 Å². The fraction of sp³-hybridized carbons (Fsp3) is 0.444. The lowest BCUT2D eigenvalue weighted by atomic mass is 9.80. The molecule has 126 valence electrons. The molecule has 0 N–H and O–H groups in total. The number of aryl methyl sites for hydroxylation is 1. The Bertz CT molecular complexity index is 854. The monoisotopic (exact) mass is 326 g/mol. The molecule has 0 unspecified atom stereocenters. The van der Waals surface area contributed by atoms with Crippen LogP contribution in [0.3, 0.4) is 0 Å². The molecule has 0 saturated carbocycles. The summed E-state index contributed by atoms with van der Waals surface area (Å²) in [4.78, 5) is 17.2. The molecule has 1 aliphatic rings. The quantitative estimate of drug-likeness (QED) is 0.812. The molecule has 1 fully saturated rings. The van der Waals surface area contributed by atoms with Gasteiger partial charge in [0.05, 0.1) is 22.5 Å². The largest absolute Gasteiger partial charge is 0.495 e. The van der Waals surface area contributed by atoms with Gasteiger partial charge in [-0.2, -0.15) is 0 Å². The maximum Gasteiger partial charge on any atom is 0.495 e. The highest BCUT2D eigenvalue weighted by Gasteiger charge is 2.51. The van der Waals surface area contributed by atoms with Crippen LogP contribution in [0.4, 0.5) is 0 Å². The zero-order valence-corrected chi connectivity index (χ0v) is 14.9. The predicted molar refractivity (Wildman–Crippen MR) is 96.6 cm³/mol. The molecule has 0 bridgehead atoms. The first kappa shape index (κ1) is 16.9. The summed E-state index contributed by atoms with van der Waals surface area (Å²) in [6, 6.07) is 3.70. The van der Waals surface area contributed by atoms with Gasteiger partial charge in [-0.15, -0.1) is 0 Å². The van der Waals surface area contributed by atoms with Crippen molar-refractivity contribution in [2.45, 2.75) is 52.2 Å². The summed E-state index contributed by atoms with van der Waals surface area (Å²) in [5.41, 5.74) is 1.84. The Morgan fingerprint density at radius 1 is 1.29 bits per heavy atom. The van der Waals surface area contributed by atoms with Gasteiger partial charge in [0.25, 0.3) is 5.56 Å². The zero-order valence-electron chi connectivity index (χ0n) is 14.9. The molecule has 1 saturated heterocycles.